The Balaban J connectivity index is 1.33. The summed E-state index contributed by atoms with van der Waals surface area (Å²) in [6, 6.07) is 19.3. The number of nitrogens with one attached hydrogen (secondary N) is 1. The maximum absolute atomic E-state index is 12.8. The summed E-state index contributed by atoms with van der Waals surface area (Å²) in [6.45, 7) is 0.353. The van der Waals surface area contributed by atoms with Gasteiger partial charge in [-0.1, -0.05) is 42.5 Å². The number of rotatable bonds is 5. The van der Waals surface area contributed by atoms with Gasteiger partial charge < -0.3 is 9.88 Å². The third-order valence-electron chi connectivity index (χ3n) is 5.20. The molecule has 6 nitrogen and oxygen atoms in total. The second kappa shape index (κ2) is 6.91. The third kappa shape index (κ3) is 2.95. The summed E-state index contributed by atoms with van der Waals surface area (Å²) in [5, 5.41) is 4.86. The van der Waals surface area contributed by atoms with Crippen LogP contribution >= 0.6 is 0 Å². The Bertz CT molecular complexity index is 1230. The number of hydrogen-bond acceptors (Lipinski definition) is 3. The predicted molar refractivity (Wildman–Crippen MR) is 111 cm³/mol. The normalized spacial score (nSPS) is 12.6. The summed E-state index contributed by atoms with van der Waals surface area (Å²) < 4.78 is 1.91. The highest BCUT2D eigenvalue weighted by molar-refractivity contribution is 6.26. The summed E-state index contributed by atoms with van der Waals surface area (Å²) >= 11 is 0. The van der Waals surface area contributed by atoms with Gasteiger partial charge in [0.2, 0.25) is 5.91 Å². The Morgan fingerprint density at radius 3 is 2.59 bits per heavy atom. The lowest BCUT2D eigenvalue weighted by atomic mass is 10.1. The van der Waals surface area contributed by atoms with Gasteiger partial charge in [0, 0.05) is 29.9 Å². The van der Waals surface area contributed by atoms with Crippen LogP contribution in [0.4, 0.5) is 5.69 Å². The predicted octanol–water partition coefficient (Wildman–Crippen LogP) is 3.30. The van der Waals surface area contributed by atoms with E-state index in [1.54, 1.807) is 17.4 Å². The minimum Gasteiger partial charge on any atom is -0.350 e. The lowest BCUT2D eigenvalue weighted by molar-refractivity contribution is -0.119. The number of nitrogens with zero attached hydrogens (tertiary/aromatic N) is 3. The maximum Gasteiger partial charge on any atom is 0.259 e. The van der Waals surface area contributed by atoms with Crippen LogP contribution in [-0.4, -0.2) is 27.9 Å². The second-order valence-electron chi connectivity index (χ2n) is 6.95. The number of benzene rings is 3. The first-order valence-electron chi connectivity index (χ1n) is 9.39. The van der Waals surface area contributed by atoms with Crippen molar-refractivity contribution in [3.63, 3.8) is 0 Å². The Hall–Kier alpha value is -3.93. The highest BCUT2D eigenvalue weighted by Gasteiger charge is 2.30. The first-order valence-corrected chi connectivity index (χ1v) is 9.39. The van der Waals surface area contributed by atoms with E-state index in [1.165, 1.54) is 0 Å². The lowest BCUT2D eigenvalue weighted by Gasteiger charge is -2.18. The van der Waals surface area contributed by atoms with Crippen molar-refractivity contribution in [1.82, 2.24) is 14.9 Å². The number of para-hydroxylation sites is 1. The van der Waals surface area contributed by atoms with Crippen LogP contribution in [-0.2, 0) is 11.3 Å². The summed E-state index contributed by atoms with van der Waals surface area (Å²) in [5.41, 5.74) is 3.37. The first kappa shape index (κ1) is 17.2. The standard InChI is InChI=1S/C23H18N4O2/c28-21(25-13-17-5-1-2-9-19(17)26-12-11-24-15-26)14-27-20-10-4-7-16-6-3-8-18(22(16)20)23(27)29/h1-12,15H,13-14H2,(H,25,28). The lowest BCUT2D eigenvalue weighted by Crippen LogP contribution is -2.38. The molecule has 5 rings (SSSR count). The molecule has 1 aliphatic rings. The highest BCUT2D eigenvalue weighted by Crippen LogP contribution is 2.36. The molecule has 1 N–H and O–H groups in total. The van der Waals surface area contributed by atoms with E-state index in [-0.39, 0.29) is 18.4 Å². The minimum atomic E-state index is -0.205. The molecule has 1 aromatic heterocycles. The van der Waals surface area contributed by atoms with E-state index in [2.05, 4.69) is 10.3 Å². The van der Waals surface area contributed by atoms with Crippen molar-refractivity contribution in [3.8, 4) is 5.69 Å². The molecule has 0 atom stereocenters. The fourth-order valence-corrected chi connectivity index (χ4v) is 3.84. The largest absolute Gasteiger partial charge is 0.350 e. The van der Waals surface area contributed by atoms with Gasteiger partial charge in [0.1, 0.15) is 6.54 Å². The molecular formula is C23H18N4O2. The van der Waals surface area contributed by atoms with E-state index >= 15 is 0 Å². The van der Waals surface area contributed by atoms with Crippen molar-refractivity contribution in [1.29, 1.82) is 0 Å². The van der Waals surface area contributed by atoms with Crippen molar-refractivity contribution >= 4 is 28.3 Å². The molecule has 0 aliphatic carbocycles. The number of aromatic nitrogens is 2. The highest BCUT2D eigenvalue weighted by atomic mass is 16.2. The van der Waals surface area contributed by atoms with Crippen LogP contribution in [0, 0.1) is 0 Å². The van der Waals surface area contributed by atoms with Crippen LogP contribution in [0.25, 0.3) is 16.5 Å². The number of hydrogen-bond donors (Lipinski definition) is 1. The van der Waals surface area contributed by atoms with Crippen LogP contribution in [0.1, 0.15) is 15.9 Å². The zero-order chi connectivity index (χ0) is 19.8. The van der Waals surface area contributed by atoms with Gasteiger partial charge >= 0.3 is 0 Å². The van der Waals surface area contributed by atoms with Gasteiger partial charge in [-0.25, -0.2) is 4.98 Å². The van der Waals surface area contributed by atoms with Crippen LogP contribution in [0.3, 0.4) is 0 Å². The number of carbonyl (C=O) groups is 2. The zero-order valence-electron chi connectivity index (χ0n) is 15.6. The fraction of sp³-hybridized carbons (Fsp3) is 0.0870. The molecule has 2 amide bonds. The maximum atomic E-state index is 12.8. The van der Waals surface area contributed by atoms with Crippen molar-refractivity contribution < 1.29 is 9.59 Å². The molecule has 0 fully saturated rings. The summed E-state index contributed by atoms with van der Waals surface area (Å²) in [4.78, 5) is 31.1. The molecule has 0 saturated heterocycles. The Morgan fingerprint density at radius 2 is 1.76 bits per heavy atom. The Kier molecular flexibility index (Phi) is 4.09. The molecular weight excluding hydrogens is 364 g/mol. The smallest absolute Gasteiger partial charge is 0.259 e. The van der Waals surface area contributed by atoms with Gasteiger partial charge in [-0.3, -0.25) is 14.5 Å². The van der Waals surface area contributed by atoms with Gasteiger partial charge in [-0.2, -0.15) is 0 Å². The molecule has 29 heavy (non-hydrogen) atoms. The summed E-state index contributed by atoms with van der Waals surface area (Å²) in [5.74, 6) is -0.339. The minimum absolute atomic E-state index is 0.0140. The van der Waals surface area contributed by atoms with Crippen LogP contribution in [0.5, 0.6) is 0 Å². The average molecular weight is 382 g/mol. The van der Waals surface area contributed by atoms with Gasteiger partial charge in [-0.05, 0) is 29.1 Å². The Morgan fingerprint density at radius 1 is 0.966 bits per heavy atom. The second-order valence-corrected chi connectivity index (χ2v) is 6.95. The van der Waals surface area contributed by atoms with Gasteiger partial charge in [0.05, 0.1) is 17.7 Å². The molecule has 0 saturated carbocycles. The molecule has 6 heteroatoms. The van der Waals surface area contributed by atoms with E-state index in [9.17, 15) is 9.59 Å². The quantitative estimate of drug-likeness (QED) is 0.576. The fourth-order valence-electron chi connectivity index (χ4n) is 3.84. The number of carbonyl (C=O) groups excluding carboxylic acids is 2. The summed E-state index contributed by atoms with van der Waals surface area (Å²) in [7, 11) is 0. The van der Waals surface area contributed by atoms with Gasteiger partial charge in [0.15, 0.2) is 0 Å². The van der Waals surface area contributed by atoms with E-state index in [1.807, 2.05) is 71.4 Å². The molecule has 4 aromatic rings. The Labute approximate surface area is 167 Å². The van der Waals surface area contributed by atoms with Crippen molar-refractivity contribution in [2.75, 3.05) is 11.4 Å². The first-order chi connectivity index (χ1) is 14.2. The molecule has 0 spiro atoms. The third-order valence-corrected chi connectivity index (χ3v) is 5.20. The van der Waals surface area contributed by atoms with E-state index in [0.29, 0.717) is 12.1 Å². The number of anilines is 1. The van der Waals surface area contributed by atoms with E-state index in [0.717, 1.165) is 27.7 Å². The van der Waals surface area contributed by atoms with Crippen LogP contribution in [0.15, 0.2) is 79.4 Å². The number of amides is 2. The zero-order valence-corrected chi connectivity index (χ0v) is 15.6. The molecule has 0 radical (unpaired) electrons. The van der Waals surface area contributed by atoms with E-state index < -0.39 is 0 Å². The molecule has 2 heterocycles. The van der Waals surface area contributed by atoms with Crippen LogP contribution < -0.4 is 10.2 Å². The van der Waals surface area contributed by atoms with E-state index in [4.69, 9.17) is 0 Å². The average Bonchev–Trinajstić information content (AvgIpc) is 3.37. The molecule has 0 bridgehead atoms. The van der Waals surface area contributed by atoms with Gasteiger partial charge in [0.25, 0.3) is 5.91 Å². The van der Waals surface area contributed by atoms with Crippen molar-refractivity contribution in [3.05, 3.63) is 90.5 Å². The molecule has 3 aromatic carbocycles. The molecule has 0 unspecified atom stereocenters. The number of imidazole rings is 1. The van der Waals surface area contributed by atoms with Gasteiger partial charge in [-0.15, -0.1) is 0 Å². The SMILES string of the molecule is O=C(CN1C(=O)c2cccc3cccc1c23)NCc1ccccc1-n1ccnc1. The monoisotopic (exact) mass is 382 g/mol. The van der Waals surface area contributed by atoms with Crippen molar-refractivity contribution in [2.24, 2.45) is 0 Å². The molecule has 142 valence electrons. The summed E-state index contributed by atoms with van der Waals surface area (Å²) in [6.07, 6.45) is 5.30. The molecule has 1 aliphatic heterocycles. The van der Waals surface area contributed by atoms with Crippen molar-refractivity contribution in [2.45, 2.75) is 6.54 Å². The van der Waals surface area contributed by atoms with Crippen LogP contribution in [0.2, 0.25) is 0 Å². The topological polar surface area (TPSA) is 67.2 Å².